The predicted molar refractivity (Wildman–Crippen MR) is 91.9 cm³/mol. The van der Waals surface area contributed by atoms with Crippen molar-refractivity contribution in [3.63, 3.8) is 0 Å². The summed E-state index contributed by atoms with van der Waals surface area (Å²) in [5, 5.41) is 15.1. The lowest BCUT2D eigenvalue weighted by molar-refractivity contribution is -0.163. The Hall–Kier alpha value is -1.38. The molecule has 3 atom stereocenters. The van der Waals surface area contributed by atoms with Crippen LogP contribution in [0.15, 0.2) is 17.5 Å². The van der Waals surface area contributed by atoms with Crippen molar-refractivity contribution in [1.82, 2.24) is 5.32 Å². The first-order valence-corrected chi connectivity index (χ1v) is 8.99. The number of nitrogens with zero attached hydrogens (tertiary/aromatic N) is 1. The van der Waals surface area contributed by atoms with Crippen molar-refractivity contribution < 1.29 is 9.53 Å². The van der Waals surface area contributed by atoms with E-state index in [-0.39, 0.29) is 17.9 Å². The zero-order valence-electron chi connectivity index (χ0n) is 14.6. The number of rotatable bonds is 4. The zero-order chi connectivity index (χ0) is 17.3. The summed E-state index contributed by atoms with van der Waals surface area (Å²) in [7, 11) is 0. The van der Waals surface area contributed by atoms with Crippen molar-refractivity contribution in [2.24, 2.45) is 11.8 Å². The Morgan fingerprint density at radius 1 is 1.57 bits per heavy atom. The van der Waals surface area contributed by atoms with Gasteiger partial charge >= 0.3 is 5.97 Å². The second kappa shape index (κ2) is 6.62. The standard InChI is InChI=1S/C18H26N2O2S/c1-12(2)9-18(16(21)22-17(3,4)5)10-13(11-19)15(20-18)14-7-6-8-23-14/h6-8,12-13,15,20H,9-10H2,1-5H3/t13?,15-,18+/m1/s1. The van der Waals surface area contributed by atoms with Gasteiger partial charge in [0.25, 0.3) is 0 Å². The van der Waals surface area contributed by atoms with Gasteiger partial charge in [-0.2, -0.15) is 5.26 Å². The summed E-state index contributed by atoms with van der Waals surface area (Å²) in [4.78, 5) is 14.0. The van der Waals surface area contributed by atoms with E-state index in [1.165, 1.54) is 0 Å². The van der Waals surface area contributed by atoms with Crippen LogP contribution in [0.4, 0.5) is 0 Å². The minimum Gasteiger partial charge on any atom is -0.459 e. The topological polar surface area (TPSA) is 62.1 Å². The third-order valence-corrected chi connectivity index (χ3v) is 4.92. The molecule has 0 aromatic carbocycles. The van der Waals surface area contributed by atoms with E-state index in [9.17, 15) is 10.1 Å². The lowest BCUT2D eigenvalue weighted by atomic mass is 9.84. The van der Waals surface area contributed by atoms with Gasteiger partial charge in [0.2, 0.25) is 0 Å². The van der Waals surface area contributed by atoms with Gasteiger partial charge in [-0.05, 0) is 51.0 Å². The van der Waals surface area contributed by atoms with Crippen LogP contribution in [0.5, 0.6) is 0 Å². The molecule has 23 heavy (non-hydrogen) atoms. The third-order valence-electron chi connectivity index (χ3n) is 3.96. The highest BCUT2D eigenvalue weighted by Gasteiger charge is 2.52. The third kappa shape index (κ3) is 4.13. The molecule has 1 aromatic heterocycles. The Morgan fingerprint density at radius 3 is 2.74 bits per heavy atom. The Balaban J connectivity index is 2.32. The Bertz CT molecular complexity index is 583. The van der Waals surface area contributed by atoms with Gasteiger partial charge in [0.05, 0.1) is 18.0 Å². The minimum atomic E-state index is -0.781. The number of ether oxygens (including phenoxy) is 1. The maximum atomic E-state index is 12.9. The molecule has 126 valence electrons. The molecule has 1 saturated heterocycles. The largest absolute Gasteiger partial charge is 0.459 e. The summed E-state index contributed by atoms with van der Waals surface area (Å²) >= 11 is 1.62. The molecular formula is C18H26N2O2S. The van der Waals surface area contributed by atoms with Gasteiger partial charge in [-0.15, -0.1) is 11.3 Å². The molecule has 4 nitrogen and oxygen atoms in total. The van der Waals surface area contributed by atoms with E-state index in [0.717, 1.165) is 4.88 Å². The Kier molecular flexibility index (Phi) is 5.17. The smallest absolute Gasteiger partial charge is 0.326 e. The van der Waals surface area contributed by atoms with Crippen molar-refractivity contribution in [2.45, 2.75) is 64.6 Å². The van der Waals surface area contributed by atoms with Crippen LogP contribution in [0.3, 0.4) is 0 Å². The number of hydrogen-bond donors (Lipinski definition) is 1. The molecule has 0 amide bonds. The summed E-state index contributed by atoms with van der Waals surface area (Å²) in [5.41, 5.74) is -1.32. The first kappa shape index (κ1) is 18.0. The van der Waals surface area contributed by atoms with E-state index in [1.54, 1.807) is 11.3 Å². The molecule has 0 radical (unpaired) electrons. The van der Waals surface area contributed by atoms with Crippen molar-refractivity contribution >= 4 is 17.3 Å². The molecule has 1 aliphatic heterocycles. The first-order valence-electron chi connectivity index (χ1n) is 8.11. The number of carbonyl (C=O) groups is 1. The molecule has 0 saturated carbocycles. The number of esters is 1. The van der Waals surface area contributed by atoms with Crippen LogP contribution in [0, 0.1) is 23.2 Å². The highest BCUT2D eigenvalue weighted by molar-refractivity contribution is 7.10. The van der Waals surface area contributed by atoms with Crippen molar-refractivity contribution in [1.29, 1.82) is 5.26 Å². The molecule has 2 rings (SSSR count). The maximum absolute atomic E-state index is 12.9. The quantitative estimate of drug-likeness (QED) is 0.844. The molecule has 0 spiro atoms. The second-order valence-corrected chi connectivity index (χ2v) is 8.74. The van der Waals surface area contributed by atoms with Crippen LogP contribution >= 0.6 is 11.3 Å². The van der Waals surface area contributed by atoms with Crippen LogP contribution < -0.4 is 5.32 Å². The van der Waals surface area contributed by atoms with Crippen LogP contribution in [0.2, 0.25) is 0 Å². The molecule has 1 aromatic rings. The normalized spacial score (nSPS) is 27.9. The molecule has 1 aliphatic rings. The van der Waals surface area contributed by atoms with Crippen LogP contribution in [-0.2, 0) is 9.53 Å². The number of thiophene rings is 1. The van der Waals surface area contributed by atoms with E-state index in [4.69, 9.17) is 4.74 Å². The summed E-state index contributed by atoms with van der Waals surface area (Å²) in [6, 6.07) is 6.28. The molecule has 1 N–H and O–H groups in total. The van der Waals surface area contributed by atoms with Gasteiger partial charge in [0, 0.05) is 4.88 Å². The molecule has 1 fully saturated rings. The zero-order valence-corrected chi connectivity index (χ0v) is 15.4. The summed E-state index contributed by atoms with van der Waals surface area (Å²) < 4.78 is 5.68. The van der Waals surface area contributed by atoms with E-state index < -0.39 is 11.1 Å². The molecular weight excluding hydrogens is 308 g/mol. The van der Waals surface area contributed by atoms with Crippen LogP contribution in [0.1, 0.15) is 58.4 Å². The molecule has 0 bridgehead atoms. The van der Waals surface area contributed by atoms with Gasteiger partial charge in [0.1, 0.15) is 11.1 Å². The molecule has 2 heterocycles. The van der Waals surface area contributed by atoms with Gasteiger partial charge < -0.3 is 4.74 Å². The monoisotopic (exact) mass is 334 g/mol. The van der Waals surface area contributed by atoms with Crippen molar-refractivity contribution in [3.8, 4) is 6.07 Å². The van der Waals surface area contributed by atoms with Crippen molar-refractivity contribution in [3.05, 3.63) is 22.4 Å². The minimum absolute atomic E-state index is 0.105. The lowest BCUT2D eigenvalue weighted by Crippen LogP contribution is -2.51. The van der Waals surface area contributed by atoms with Crippen molar-refractivity contribution in [2.75, 3.05) is 0 Å². The SMILES string of the molecule is CC(C)C[C@@]1(C(=O)OC(C)(C)C)CC(C#N)[C@H](c2cccs2)N1. The van der Waals surface area contributed by atoms with E-state index in [0.29, 0.717) is 18.8 Å². The van der Waals surface area contributed by atoms with Crippen LogP contribution in [-0.4, -0.2) is 17.1 Å². The second-order valence-electron chi connectivity index (χ2n) is 7.76. The van der Waals surface area contributed by atoms with E-state index in [2.05, 4.69) is 25.2 Å². The average molecular weight is 334 g/mol. The van der Waals surface area contributed by atoms with Gasteiger partial charge in [0.15, 0.2) is 0 Å². The fraction of sp³-hybridized carbons (Fsp3) is 0.667. The number of carbonyl (C=O) groups excluding carboxylic acids is 1. The number of hydrogen-bond acceptors (Lipinski definition) is 5. The van der Waals surface area contributed by atoms with E-state index >= 15 is 0 Å². The van der Waals surface area contributed by atoms with Gasteiger partial charge in [-0.3, -0.25) is 10.1 Å². The fourth-order valence-corrected chi connectivity index (χ4v) is 4.09. The first-order chi connectivity index (χ1) is 10.7. The maximum Gasteiger partial charge on any atom is 0.326 e. The van der Waals surface area contributed by atoms with Gasteiger partial charge in [-0.1, -0.05) is 19.9 Å². The molecule has 0 aliphatic carbocycles. The summed E-state index contributed by atoms with van der Waals surface area (Å²) in [6.45, 7) is 9.81. The Labute approximate surface area is 142 Å². The van der Waals surface area contributed by atoms with E-state index in [1.807, 2.05) is 38.3 Å². The molecule has 5 heteroatoms. The highest BCUT2D eigenvalue weighted by atomic mass is 32.1. The lowest BCUT2D eigenvalue weighted by Gasteiger charge is -2.33. The average Bonchev–Trinajstić information content (AvgIpc) is 3.03. The number of nitriles is 1. The fourth-order valence-electron chi connectivity index (χ4n) is 3.25. The molecule has 1 unspecified atom stereocenters. The predicted octanol–water partition coefficient (Wildman–Crippen LogP) is 4.05. The van der Waals surface area contributed by atoms with Crippen LogP contribution in [0.25, 0.3) is 0 Å². The Morgan fingerprint density at radius 2 is 2.26 bits per heavy atom. The number of nitrogens with one attached hydrogen (secondary N) is 1. The van der Waals surface area contributed by atoms with Gasteiger partial charge in [-0.25, -0.2) is 0 Å². The highest BCUT2D eigenvalue weighted by Crippen LogP contribution is 2.43. The summed E-state index contributed by atoms with van der Waals surface area (Å²) in [5.74, 6) is -0.130. The summed E-state index contributed by atoms with van der Waals surface area (Å²) in [6.07, 6.45) is 1.17.